The normalized spacial score (nSPS) is 19.1. The summed E-state index contributed by atoms with van der Waals surface area (Å²) in [4.78, 5) is 21.0. The first-order chi connectivity index (χ1) is 8.20. The number of carboxylic acid groups (broad SMARTS) is 2. The molecule has 18 heavy (non-hydrogen) atoms. The van der Waals surface area contributed by atoms with Crippen molar-refractivity contribution >= 4 is 12.1 Å². The lowest BCUT2D eigenvalue weighted by Gasteiger charge is -2.20. The van der Waals surface area contributed by atoms with Crippen LogP contribution in [0, 0.1) is 0 Å². The Morgan fingerprint density at radius 1 is 1.39 bits per heavy atom. The third-order valence-electron chi connectivity index (χ3n) is 2.31. The number of rotatable bonds is 2. The minimum Gasteiger partial charge on any atom is -0.475 e. The summed E-state index contributed by atoms with van der Waals surface area (Å²) in [6, 6.07) is 0.192. The minimum absolute atomic E-state index is 0.192. The molecule has 1 saturated heterocycles. The molecule has 1 aliphatic heterocycles. The predicted molar refractivity (Wildman–Crippen MR) is 55.4 cm³/mol. The highest BCUT2D eigenvalue weighted by Gasteiger charge is 2.38. The van der Waals surface area contributed by atoms with Gasteiger partial charge < -0.3 is 20.4 Å². The molecule has 0 radical (unpaired) electrons. The Bertz CT molecular complexity index is 296. The van der Waals surface area contributed by atoms with E-state index < -0.39 is 18.2 Å². The van der Waals surface area contributed by atoms with Gasteiger partial charge in [-0.2, -0.15) is 13.2 Å². The lowest BCUT2D eigenvalue weighted by atomic mass is 10.2. The van der Waals surface area contributed by atoms with Gasteiger partial charge in [0, 0.05) is 19.1 Å². The molecule has 0 saturated carbocycles. The lowest BCUT2D eigenvalue weighted by Crippen LogP contribution is -2.39. The molecule has 9 heteroatoms. The van der Waals surface area contributed by atoms with Crippen molar-refractivity contribution in [3.05, 3.63) is 0 Å². The van der Waals surface area contributed by atoms with Crippen LogP contribution in [-0.4, -0.2) is 59.5 Å². The highest BCUT2D eigenvalue weighted by Crippen LogP contribution is 2.15. The third-order valence-corrected chi connectivity index (χ3v) is 2.31. The van der Waals surface area contributed by atoms with Crippen LogP contribution in [-0.2, 0) is 4.79 Å². The number of nitrogens with one attached hydrogen (secondary N) is 1. The zero-order valence-electron chi connectivity index (χ0n) is 9.70. The standard InChI is InChI=1S/C7H14N2O2.C2HF3O2/c1-8-5-6-3-2-4-9(6)7(10)11;3-2(4,5)1(6)7/h6,8H,2-5H2,1H3,(H,10,11);(H,6,7)/t6-;/m0./s1. The van der Waals surface area contributed by atoms with Crippen LogP contribution < -0.4 is 5.32 Å². The smallest absolute Gasteiger partial charge is 0.475 e. The number of likely N-dealkylation sites (tertiary alicyclic amines) is 1. The Morgan fingerprint density at radius 2 is 1.89 bits per heavy atom. The summed E-state index contributed by atoms with van der Waals surface area (Å²) in [7, 11) is 1.85. The average Bonchev–Trinajstić information content (AvgIpc) is 2.66. The Labute approximate surface area is 101 Å². The van der Waals surface area contributed by atoms with E-state index in [4.69, 9.17) is 15.0 Å². The number of nitrogens with zero attached hydrogens (tertiary/aromatic N) is 1. The number of likely N-dealkylation sites (N-methyl/N-ethyl adjacent to an activating group) is 1. The van der Waals surface area contributed by atoms with Crippen molar-refractivity contribution in [1.82, 2.24) is 10.2 Å². The molecule has 0 spiro atoms. The van der Waals surface area contributed by atoms with E-state index in [1.165, 1.54) is 4.90 Å². The molecule has 6 nitrogen and oxygen atoms in total. The van der Waals surface area contributed by atoms with Crippen LogP contribution in [0.25, 0.3) is 0 Å². The number of hydrogen-bond acceptors (Lipinski definition) is 3. The summed E-state index contributed by atoms with van der Waals surface area (Å²) < 4.78 is 31.7. The molecule has 1 heterocycles. The van der Waals surface area contributed by atoms with Crippen molar-refractivity contribution in [3.63, 3.8) is 0 Å². The molecular weight excluding hydrogens is 257 g/mol. The van der Waals surface area contributed by atoms with Gasteiger partial charge >= 0.3 is 18.2 Å². The molecule has 1 amide bonds. The molecule has 1 fully saturated rings. The fourth-order valence-corrected chi connectivity index (χ4v) is 1.54. The van der Waals surface area contributed by atoms with Gasteiger partial charge in [-0.1, -0.05) is 0 Å². The van der Waals surface area contributed by atoms with Crippen molar-refractivity contribution in [2.75, 3.05) is 20.1 Å². The van der Waals surface area contributed by atoms with E-state index in [1.807, 2.05) is 7.05 Å². The summed E-state index contributed by atoms with van der Waals surface area (Å²) in [6.07, 6.45) is -3.88. The van der Waals surface area contributed by atoms with Crippen molar-refractivity contribution in [3.8, 4) is 0 Å². The zero-order valence-corrected chi connectivity index (χ0v) is 9.70. The monoisotopic (exact) mass is 272 g/mol. The third kappa shape index (κ3) is 5.71. The number of amides is 1. The van der Waals surface area contributed by atoms with Gasteiger partial charge in [-0.05, 0) is 19.9 Å². The lowest BCUT2D eigenvalue weighted by molar-refractivity contribution is -0.192. The molecule has 1 atom stereocenters. The van der Waals surface area contributed by atoms with Crippen LogP contribution in [0.2, 0.25) is 0 Å². The number of carbonyl (C=O) groups is 2. The highest BCUT2D eigenvalue weighted by atomic mass is 19.4. The van der Waals surface area contributed by atoms with E-state index in [-0.39, 0.29) is 6.04 Å². The Balaban J connectivity index is 0.000000360. The van der Waals surface area contributed by atoms with E-state index in [2.05, 4.69) is 5.32 Å². The summed E-state index contributed by atoms with van der Waals surface area (Å²) in [5.41, 5.74) is 0. The zero-order chi connectivity index (χ0) is 14.3. The van der Waals surface area contributed by atoms with Gasteiger partial charge in [0.05, 0.1) is 0 Å². The molecule has 0 bridgehead atoms. The summed E-state index contributed by atoms with van der Waals surface area (Å²) in [5.74, 6) is -2.76. The fourth-order valence-electron chi connectivity index (χ4n) is 1.54. The summed E-state index contributed by atoms with van der Waals surface area (Å²) >= 11 is 0. The van der Waals surface area contributed by atoms with Crippen LogP contribution in [0.3, 0.4) is 0 Å². The van der Waals surface area contributed by atoms with E-state index in [0.717, 1.165) is 19.4 Å². The van der Waals surface area contributed by atoms with Crippen LogP contribution in [0.5, 0.6) is 0 Å². The molecule has 0 aromatic rings. The van der Waals surface area contributed by atoms with Gasteiger partial charge in [-0.3, -0.25) is 0 Å². The first kappa shape index (κ1) is 16.5. The predicted octanol–water partition coefficient (Wildman–Crippen LogP) is 0.982. The van der Waals surface area contributed by atoms with E-state index in [9.17, 15) is 18.0 Å². The van der Waals surface area contributed by atoms with Gasteiger partial charge in [0.25, 0.3) is 0 Å². The molecule has 0 aliphatic carbocycles. The van der Waals surface area contributed by atoms with Crippen molar-refractivity contribution < 1.29 is 33.0 Å². The maximum absolute atomic E-state index is 10.6. The molecule has 0 aromatic heterocycles. The average molecular weight is 272 g/mol. The second-order valence-corrected chi connectivity index (χ2v) is 3.63. The second-order valence-electron chi connectivity index (χ2n) is 3.63. The minimum atomic E-state index is -5.08. The van der Waals surface area contributed by atoms with Crippen LogP contribution in [0.15, 0.2) is 0 Å². The van der Waals surface area contributed by atoms with Gasteiger partial charge in [0.15, 0.2) is 0 Å². The molecule has 1 rings (SSSR count). The van der Waals surface area contributed by atoms with Crippen molar-refractivity contribution in [2.45, 2.75) is 25.1 Å². The molecular formula is C9H15F3N2O4. The Hall–Kier alpha value is -1.51. The van der Waals surface area contributed by atoms with Gasteiger partial charge in [-0.25, -0.2) is 9.59 Å². The molecule has 1 aliphatic rings. The van der Waals surface area contributed by atoms with Crippen LogP contribution >= 0.6 is 0 Å². The first-order valence-electron chi connectivity index (χ1n) is 5.14. The largest absolute Gasteiger partial charge is 0.490 e. The van der Waals surface area contributed by atoms with Crippen LogP contribution in [0.1, 0.15) is 12.8 Å². The molecule has 0 unspecified atom stereocenters. The summed E-state index contributed by atoms with van der Waals surface area (Å²) in [5, 5.41) is 18.8. The number of aliphatic carboxylic acids is 1. The number of carboxylic acids is 1. The van der Waals surface area contributed by atoms with Gasteiger partial charge in [-0.15, -0.1) is 0 Å². The van der Waals surface area contributed by atoms with E-state index in [0.29, 0.717) is 6.54 Å². The van der Waals surface area contributed by atoms with Gasteiger partial charge in [0.1, 0.15) is 0 Å². The maximum Gasteiger partial charge on any atom is 0.490 e. The quantitative estimate of drug-likeness (QED) is 0.697. The Kier molecular flexibility index (Phi) is 6.45. The van der Waals surface area contributed by atoms with E-state index >= 15 is 0 Å². The first-order valence-corrected chi connectivity index (χ1v) is 5.14. The molecule has 106 valence electrons. The maximum atomic E-state index is 10.6. The second kappa shape index (κ2) is 7.04. The molecule has 0 aromatic carbocycles. The molecule has 3 N–H and O–H groups in total. The summed E-state index contributed by atoms with van der Waals surface area (Å²) in [6.45, 7) is 1.47. The van der Waals surface area contributed by atoms with E-state index in [1.54, 1.807) is 0 Å². The van der Waals surface area contributed by atoms with Crippen molar-refractivity contribution in [1.29, 1.82) is 0 Å². The fraction of sp³-hybridized carbons (Fsp3) is 0.778. The number of halogens is 3. The number of alkyl halides is 3. The van der Waals surface area contributed by atoms with Crippen molar-refractivity contribution in [2.24, 2.45) is 0 Å². The number of hydrogen-bond donors (Lipinski definition) is 3. The Morgan fingerprint density at radius 3 is 2.22 bits per heavy atom. The van der Waals surface area contributed by atoms with Crippen LogP contribution in [0.4, 0.5) is 18.0 Å². The van der Waals surface area contributed by atoms with Gasteiger partial charge in [0.2, 0.25) is 0 Å². The topological polar surface area (TPSA) is 89.9 Å². The SMILES string of the molecule is CNC[C@@H]1CCCN1C(=O)O.O=C(O)C(F)(F)F. The highest BCUT2D eigenvalue weighted by molar-refractivity contribution is 5.73.